The van der Waals surface area contributed by atoms with E-state index in [-0.39, 0.29) is 17.0 Å². The molecule has 0 aliphatic rings. The third-order valence-corrected chi connectivity index (χ3v) is 3.50. The zero-order chi connectivity index (χ0) is 16.6. The molecular formula is C13H3Cl2F5N2. The zero-order valence-corrected chi connectivity index (χ0v) is 11.8. The van der Waals surface area contributed by atoms with E-state index in [0.29, 0.717) is 0 Å². The number of hydrogen-bond acceptors (Lipinski definition) is 2. The van der Waals surface area contributed by atoms with Crippen LogP contribution in [-0.2, 0) is 6.42 Å². The first-order valence-corrected chi connectivity index (χ1v) is 6.28. The van der Waals surface area contributed by atoms with Crippen molar-refractivity contribution in [3.63, 3.8) is 0 Å². The second-order valence-corrected chi connectivity index (χ2v) is 4.81. The van der Waals surface area contributed by atoms with Crippen LogP contribution in [0.4, 0.5) is 22.0 Å². The van der Waals surface area contributed by atoms with Crippen molar-refractivity contribution < 1.29 is 22.0 Å². The molecule has 9 heteroatoms. The Morgan fingerprint density at radius 1 is 0.955 bits per heavy atom. The minimum atomic E-state index is -2.29. The minimum absolute atomic E-state index is 0.0280. The minimum Gasteiger partial charge on any atom is -0.253 e. The predicted molar refractivity (Wildman–Crippen MR) is 68.8 cm³/mol. The maximum absolute atomic E-state index is 13.8. The van der Waals surface area contributed by atoms with Crippen molar-refractivity contribution in [3.8, 4) is 17.3 Å². The van der Waals surface area contributed by atoms with Crippen LogP contribution in [0.3, 0.4) is 0 Å². The molecule has 1 aromatic heterocycles. The SMILES string of the molecule is N#CCc1c(Cl)cnc(-c2c(F)c(F)c(F)c(F)c2F)c1Cl. The molecule has 0 bridgehead atoms. The molecule has 0 spiro atoms. The van der Waals surface area contributed by atoms with Gasteiger partial charge in [0.15, 0.2) is 23.3 Å². The first kappa shape index (κ1) is 16.5. The van der Waals surface area contributed by atoms with Crippen molar-refractivity contribution in [2.24, 2.45) is 0 Å². The standard InChI is InChI=1S/C13H3Cl2F5N2/c14-5-3-22-13(7(15)4(5)1-2-21)6-8(16)10(18)12(20)11(19)9(6)17/h3H,1H2. The van der Waals surface area contributed by atoms with Gasteiger partial charge in [-0.3, -0.25) is 4.98 Å². The molecule has 0 saturated carbocycles. The average molecular weight is 353 g/mol. The fourth-order valence-electron chi connectivity index (χ4n) is 1.73. The van der Waals surface area contributed by atoms with Gasteiger partial charge in [-0.25, -0.2) is 22.0 Å². The van der Waals surface area contributed by atoms with E-state index in [1.165, 1.54) is 0 Å². The van der Waals surface area contributed by atoms with Crippen molar-refractivity contribution in [1.82, 2.24) is 4.98 Å². The summed E-state index contributed by atoms with van der Waals surface area (Å²) >= 11 is 11.6. The lowest BCUT2D eigenvalue weighted by molar-refractivity contribution is 0.381. The molecule has 1 aromatic carbocycles. The third kappa shape index (κ3) is 2.49. The molecule has 2 nitrogen and oxygen atoms in total. The first-order valence-electron chi connectivity index (χ1n) is 5.52. The Balaban J connectivity index is 2.85. The molecule has 0 aliphatic heterocycles. The molecule has 0 aliphatic carbocycles. The fourth-order valence-corrected chi connectivity index (χ4v) is 2.30. The van der Waals surface area contributed by atoms with Gasteiger partial charge >= 0.3 is 0 Å². The lowest BCUT2D eigenvalue weighted by atomic mass is 10.1. The van der Waals surface area contributed by atoms with Crippen LogP contribution in [0.25, 0.3) is 11.3 Å². The van der Waals surface area contributed by atoms with Crippen LogP contribution in [-0.4, -0.2) is 4.98 Å². The summed E-state index contributed by atoms with van der Waals surface area (Å²) in [5.74, 6) is -10.7. The molecule has 22 heavy (non-hydrogen) atoms. The van der Waals surface area contributed by atoms with Crippen LogP contribution in [0.2, 0.25) is 10.0 Å². The smallest absolute Gasteiger partial charge is 0.200 e. The van der Waals surface area contributed by atoms with E-state index in [0.717, 1.165) is 6.20 Å². The van der Waals surface area contributed by atoms with Crippen LogP contribution in [0.15, 0.2) is 6.20 Å². The molecule has 0 radical (unpaired) electrons. The van der Waals surface area contributed by atoms with Gasteiger partial charge in [-0.2, -0.15) is 5.26 Å². The lowest BCUT2D eigenvalue weighted by Crippen LogP contribution is -2.06. The van der Waals surface area contributed by atoms with Gasteiger partial charge in [0.1, 0.15) is 0 Å². The van der Waals surface area contributed by atoms with E-state index in [1.54, 1.807) is 6.07 Å². The molecule has 2 aromatic rings. The quantitative estimate of drug-likeness (QED) is 0.441. The molecular weight excluding hydrogens is 350 g/mol. The number of nitriles is 1. The summed E-state index contributed by atoms with van der Waals surface area (Å²) in [7, 11) is 0. The summed E-state index contributed by atoms with van der Waals surface area (Å²) < 4.78 is 67.0. The summed E-state index contributed by atoms with van der Waals surface area (Å²) in [5, 5.41) is 8.13. The number of pyridine rings is 1. The maximum Gasteiger partial charge on any atom is 0.200 e. The van der Waals surface area contributed by atoms with Gasteiger partial charge in [0, 0.05) is 11.8 Å². The summed E-state index contributed by atoms with van der Waals surface area (Å²) in [6.45, 7) is 0. The lowest BCUT2D eigenvalue weighted by Gasteiger charge is -2.11. The van der Waals surface area contributed by atoms with Crippen molar-refractivity contribution in [2.75, 3.05) is 0 Å². The van der Waals surface area contributed by atoms with Crippen LogP contribution < -0.4 is 0 Å². The Labute approximate surface area is 130 Å². The van der Waals surface area contributed by atoms with Gasteiger partial charge in [0.2, 0.25) is 5.82 Å². The normalized spacial score (nSPS) is 10.6. The molecule has 0 N–H and O–H groups in total. The number of nitrogens with zero attached hydrogens (tertiary/aromatic N) is 2. The van der Waals surface area contributed by atoms with Crippen LogP contribution >= 0.6 is 23.2 Å². The van der Waals surface area contributed by atoms with Crippen LogP contribution in [0.5, 0.6) is 0 Å². The Bertz CT molecular complexity index is 788. The average Bonchev–Trinajstić information content (AvgIpc) is 2.49. The number of hydrogen-bond donors (Lipinski definition) is 0. The Kier molecular flexibility index (Phi) is 4.54. The van der Waals surface area contributed by atoms with Gasteiger partial charge in [-0.1, -0.05) is 23.2 Å². The number of aromatic nitrogens is 1. The Morgan fingerprint density at radius 3 is 1.95 bits per heavy atom. The second kappa shape index (κ2) is 6.07. The summed E-state index contributed by atoms with van der Waals surface area (Å²) in [6.07, 6.45) is 0.579. The number of benzene rings is 1. The highest BCUT2D eigenvalue weighted by molar-refractivity contribution is 6.37. The molecule has 0 atom stereocenters. The van der Waals surface area contributed by atoms with E-state index in [2.05, 4.69) is 4.98 Å². The second-order valence-electron chi connectivity index (χ2n) is 4.03. The van der Waals surface area contributed by atoms with Crippen molar-refractivity contribution in [3.05, 3.63) is 50.9 Å². The molecule has 0 saturated heterocycles. The van der Waals surface area contributed by atoms with Crippen molar-refractivity contribution in [2.45, 2.75) is 6.42 Å². The van der Waals surface area contributed by atoms with Gasteiger partial charge in [-0.15, -0.1) is 0 Å². The topological polar surface area (TPSA) is 36.7 Å². The predicted octanol–water partition coefficient (Wildman–Crippen LogP) is 4.82. The van der Waals surface area contributed by atoms with Gasteiger partial charge in [0.25, 0.3) is 0 Å². The van der Waals surface area contributed by atoms with E-state index < -0.39 is 45.4 Å². The van der Waals surface area contributed by atoms with Gasteiger partial charge in [0.05, 0.1) is 33.8 Å². The summed E-state index contributed by atoms with van der Waals surface area (Å²) in [5.41, 5.74) is -2.00. The molecule has 0 fully saturated rings. The Morgan fingerprint density at radius 2 is 1.45 bits per heavy atom. The molecule has 1 heterocycles. The third-order valence-electron chi connectivity index (χ3n) is 2.77. The van der Waals surface area contributed by atoms with E-state index in [4.69, 9.17) is 28.5 Å². The fraction of sp³-hybridized carbons (Fsp3) is 0.0769. The highest BCUT2D eigenvalue weighted by Crippen LogP contribution is 2.37. The van der Waals surface area contributed by atoms with Crippen LogP contribution in [0, 0.1) is 40.4 Å². The highest BCUT2D eigenvalue weighted by atomic mass is 35.5. The van der Waals surface area contributed by atoms with E-state index in [9.17, 15) is 22.0 Å². The molecule has 2 rings (SSSR count). The zero-order valence-electron chi connectivity index (χ0n) is 10.3. The van der Waals surface area contributed by atoms with Crippen molar-refractivity contribution in [1.29, 1.82) is 5.26 Å². The summed E-state index contributed by atoms with van der Waals surface area (Å²) in [4.78, 5) is 3.52. The molecule has 0 unspecified atom stereocenters. The van der Waals surface area contributed by atoms with Crippen molar-refractivity contribution >= 4 is 23.2 Å². The molecule has 114 valence electrons. The number of halogens is 7. The highest BCUT2D eigenvalue weighted by Gasteiger charge is 2.29. The maximum atomic E-state index is 13.8. The largest absolute Gasteiger partial charge is 0.253 e. The van der Waals surface area contributed by atoms with E-state index >= 15 is 0 Å². The molecule has 0 amide bonds. The van der Waals surface area contributed by atoms with Gasteiger partial charge < -0.3 is 0 Å². The number of rotatable bonds is 2. The van der Waals surface area contributed by atoms with Gasteiger partial charge in [-0.05, 0) is 0 Å². The van der Waals surface area contributed by atoms with E-state index in [1.807, 2.05) is 0 Å². The van der Waals surface area contributed by atoms with Crippen LogP contribution in [0.1, 0.15) is 5.56 Å². The summed E-state index contributed by atoms with van der Waals surface area (Å²) in [6, 6.07) is 1.71. The first-order chi connectivity index (χ1) is 10.3. The monoisotopic (exact) mass is 352 g/mol. The Hall–Kier alpha value is -1.91.